The second kappa shape index (κ2) is 6.68. The SMILES string of the molecule is CC(=O)CCc1ccc(OCCC(=O)O)cc1. The van der Waals surface area contributed by atoms with Crippen LogP contribution in [0.3, 0.4) is 0 Å². The van der Waals surface area contributed by atoms with Crippen molar-refractivity contribution in [3.63, 3.8) is 0 Å². The van der Waals surface area contributed by atoms with Gasteiger partial charge in [-0.2, -0.15) is 0 Å². The second-order valence-corrected chi connectivity index (χ2v) is 3.84. The lowest BCUT2D eigenvalue weighted by molar-refractivity contribution is -0.137. The molecule has 0 fully saturated rings. The van der Waals surface area contributed by atoms with E-state index in [9.17, 15) is 9.59 Å². The molecule has 0 heterocycles. The third-order valence-electron chi connectivity index (χ3n) is 2.27. The number of carbonyl (C=O) groups excluding carboxylic acids is 1. The van der Waals surface area contributed by atoms with Gasteiger partial charge in [0.25, 0.3) is 0 Å². The van der Waals surface area contributed by atoms with Gasteiger partial charge in [-0.15, -0.1) is 0 Å². The van der Waals surface area contributed by atoms with Crippen LogP contribution in [0.5, 0.6) is 5.75 Å². The molecule has 17 heavy (non-hydrogen) atoms. The number of ether oxygens (including phenoxy) is 1. The molecule has 0 aliphatic rings. The van der Waals surface area contributed by atoms with Gasteiger partial charge < -0.3 is 14.6 Å². The van der Waals surface area contributed by atoms with Crippen molar-refractivity contribution in [3.8, 4) is 5.75 Å². The molecule has 0 bridgehead atoms. The second-order valence-electron chi connectivity index (χ2n) is 3.84. The molecule has 0 aliphatic carbocycles. The Labute approximate surface area is 100 Å². The third kappa shape index (κ3) is 5.70. The molecule has 0 spiro atoms. The van der Waals surface area contributed by atoms with Gasteiger partial charge in [-0.3, -0.25) is 4.79 Å². The number of hydrogen-bond acceptors (Lipinski definition) is 3. The highest BCUT2D eigenvalue weighted by Gasteiger charge is 2.00. The van der Waals surface area contributed by atoms with E-state index < -0.39 is 5.97 Å². The molecule has 0 saturated heterocycles. The summed E-state index contributed by atoms with van der Waals surface area (Å²) in [5.74, 6) is -0.0484. The van der Waals surface area contributed by atoms with Crippen LogP contribution < -0.4 is 4.74 Å². The Morgan fingerprint density at radius 1 is 1.18 bits per heavy atom. The van der Waals surface area contributed by atoms with Crippen molar-refractivity contribution in [3.05, 3.63) is 29.8 Å². The maximum absolute atomic E-state index is 10.8. The molecule has 0 saturated carbocycles. The van der Waals surface area contributed by atoms with E-state index in [1.807, 2.05) is 12.1 Å². The maximum Gasteiger partial charge on any atom is 0.306 e. The van der Waals surface area contributed by atoms with E-state index in [-0.39, 0.29) is 18.8 Å². The fraction of sp³-hybridized carbons (Fsp3) is 0.385. The molecule has 0 aliphatic heterocycles. The number of carboxylic acids is 1. The van der Waals surface area contributed by atoms with Crippen LogP contribution >= 0.6 is 0 Å². The molecule has 0 atom stereocenters. The van der Waals surface area contributed by atoms with E-state index in [4.69, 9.17) is 9.84 Å². The highest BCUT2D eigenvalue weighted by atomic mass is 16.5. The van der Waals surface area contributed by atoms with Crippen molar-refractivity contribution in [2.45, 2.75) is 26.2 Å². The van der Waals surface area contributed by atoms with Gasteiger partial charge in [0.05, 0.1) is 13.0 Å². The Balaban J connectivity index is 2.39. The molecule has 4 nitrogen and oxygen atoms in total. The molecule has 1 aromatic rings. The Hall–Kier alpha value is -1.84. The van der Waals surface area contributed by atoms with Gasteiger partial charge in [-0.05, 0) is 31.0 Å². The first-order valence-electron chi connectivity index (χ1n) is 5.51. The van der Waals surface area contributed by atoms with Crippen LogP contribution in [0, 0.1) is 0 Å². The van der Waals surface area contributed by atoms with E-state index in [1.165, 1.54) is 0 Å². The van der Waals surface area contributed by atoms with Gasteiger partial charge >= 0.3 is 5.97 Å². The lowest BCUT2D eigenvalue weighted by atomic mass is 10.1. The summed E-state index contributed by atoms with van der Waals surface area (Å²) in [6.45, 7) is 1.74. The highest BCUT2D eigenvalue weighted by molar-refractivity contribution is 5.75. The summed E-state index contributed by atoms with van der Waals surface area (Å²) in [5.41, 5.74) is 1.07. The normalized spacial score (nSPS) is 9.94. The van der Waals surface area contributed by atoms with Crippen molar-refractivity contribution < 1.29 is 19.4 Å². The lowest BCUT2D eigenvalue weighted by Gasteiger charge is -2.05. The van der Waals surface area contributed by atoms with E-state index in [1.54, 1.807) is 19.1 Å². The largest absolute Gasteiger partial charge is 0.493 e. The zero-order valence-electron chi connectivity index (χ0n) is 9.81. The van der Waals surface area contributed by atoms with E-state index in [2.05, 4.69) is 0 Å². The summed E-state index contributed by atoms with van der Waals surface area (Å²) in [6.07, 6.45) is 1.26. The standard InChI is InChI=1S/C13H16O4/c1-10(14)2-3-11-4-6-12(7-5-11)17-9-8-13(15)16/h4-7H,2-3,8-9H2,1H3,(H,15,16). The molecule has 4 heteroatoms. The lowest BCUT2D eigenvalue weighted by Crippen LogP contribution is -2.04. The highest BCUT2D eigenvalue weighted by Crippen LogP contribution is 2.13. The topological polar surface area (TPSA) is 63.6 Å². The van der Waals surface area contributed by atoms with Crippen LogP contribution in [0.15, 0.2) is 24.3 Å². The van der Waals surface area contributed by atoms with Crippen LogP contribution in [0.4, 0.5) is 0 Å². The molecular weight excluding hydrogens is 220 g/mol. The average Bonchev–Trinajstić information content (AvgIpc) is 2.27. The summed E-state index contributed by atoms with van der Waals surface area (Å²) in [6, 6.07) is 7.35. The minimum atomic E-state index is -0.872. The summed E-state index contributed by atoms with van der Waals surface area (Å²) in [5, 5.41) is 8.45. The van der Waals surface area contributed by atoms with Gasteiger partial charge in [0, 0.05) is 6.42 Å². The number of aliphatic carboxylic acids is 1. The molecule has 0 unspecified atom stereocenters. The first-order valence-corrected chi connectivity index (χ1v) is 5.51. The van der Waals surface area contributed by atoms with Crippen molar-refractivity contribution in [2.75, 3.05) is 6.61 Å². The van der Waals surface area contributed by atoms with E-state index in [0.29, 0.717) is 12.2 Å². The molecule has 1 rings (SSSR count). The Morgan fingerprint density at radius 2 is 1.82 bits per heavy atom. The van der Waals surface area contributed by atoms with Crippen LogP contribution in [0.1, 0.15) is 25.3 Å². The van der Waals surface area contributed by atoms with Crippen LogP contribution in [-0.2, 0) is 16.0 Å². The first-order chi connectivity index (χ1) is 8.08. The Bertz CT molecular complexity index is 381. The van der Waals surface area contributed by atoms with Gasteiger partial charge in [0.2, 0.25) is 0 Å². The van der Waals surface area contributed by atoms with E-state index in [0.717, 1.165) is 12.0 Å². The molecule has 0 radical (unpaired) electrons. The summed E-state index contributed by atoms with van der Waals surface area (Å²) >= 11 is 0. The van der Waals surface area contributed by atoms with Crippen molar-refractivity contribution in [1.29, 1.82) is 0 Å². The van der Waals surface area contributed by atoms with Gasteiger partial charge in [0.15, 0.2) is 0 Å². The number of carbonyl (C=O) groups is 2. The smallest absolute Gasteiger partial charge is 0.306 e. The zero-order valence-corrected chi connectivity index (χ0v) is 9.81. The number of aryl methyl sites for hydroxylation is 1. The predicted molar refractivity (Wildman–Crippen MR) is 63.2 cm³/mol. The summed E-state index contributed by atoms with van der Waals surface area (Å²) in [7, 11) is 0. The fourth-order valence-corrected chi connectivity index (χ4v) is 1.33. The number of rotatable bonds is 7. The Morgan fingerprint density at radius 3 is 2.35 bits per heavy atom. The molecule has 0 aromatic heterocycles. The maximum atomic E-state index is 10.8. The van der Waals surface area contributed by atoms with Crippen LogP contribution in [0.2, 0.25) is 0 Å². The summed E-state index contributed by atoms with van der Waals surface area (Å²) < 4.78 is 5.25. The van der Waals surface area contributed by atoms with Gasteiger partial charge in [0.1, 0.15) is 11.5 Å². The molecule has 92 valence electrons. The van der Waals surface area contributed by atoms with E-state index >= 15 is 0 Å². The van der Waals surface area contributed by atoms with Crippen LogP contribution in [0.25, 0.3) is 0 Å². The van der Waals surface area contributed by atoms with Crippen molar-refractivity contribution in [2.24, 2.45) is 0 Å². The minimum Gasteiger partial charge on any atom is -0.493 e. The molecule has 1 aromatic carbocycles. The minimum absolute atomic E-state index is 0.00785. The van der Waals surface area contributed by atoms with Crippen molar-refractivity contribution in [1.82, 2.24) is 0 Å². The number of carboxylic acid groups (broad SMARTS) is 1. The number of Topliss-reactive ketones (excluding diaryl/α,β-unsaturated/α-hetero) is 1. The molecule has 0 amide bonds. The van der Waals surface area contributed by atoms with Gasteiger partial charge in [-0.25, -0.2) is 0 Å². The predicted octanol–water partition coefficient (Wildman–Crippen LogP) is 2.06. The summed E-state index contributed by atoms with van der Waals surface area (Å²) in [4.78, 5) is 21.1. The van der Waals surface area contributed by atoms with Crippen LogP contribution in [-0.4, -0.2) is 23.5 Å². The Kier molecular flexibility index (Phi) is 5.20. The number of ketones is 1. The average molecular weight is 236 g/mol. The van der Waals surface area contributed by atoms with Gasteiger partial charge in [-0.1, -0.05) is 12.1 Å². The third-order valence-corrected chi connectivity index (χ3v) is 2.27. The quantitative estimate of drug-likeness (QED) is 0.787. The molecule has 1 N–H and O–H groups in total. The first kappa shape index (κ1) is 13.2. The molecular formula is C13H16O4. The zero-order chi connectivity index (χ0) is 12.7. The number of benzene rings is 1. The fourth-order valence-electron chi connectivity index (χ4n) is 1.33. The monoisotopic (exact) mass is 236 g/mol. The number of hydrogen-bond donors (Lipinski definition) is 1. The van der Waals surface area contributed by atoms with Crippen molar-refractivity contribution >= 4 is 11.8 Å².